The number of amides is 1. The number of hydrogen-bond donors (Lipinski definition) is 2. The average Bonchev–Trinajstić information content (AvgIpc) is 3.07. The molecule has 24 heavy (non-hydrogen) atoms. The lowest BCUT2D eigenvalue weighted by molar-refractivity contribution is -0.137. The van der Waals surface area contributed by atoms with E-state index in [1.165, 1.54) is 11.3 Å². The normalized spacial score (nSPS) is 10.4. The second-order valence-corrected chi connectivity index (χ2v) is 6.02. The van der Waals surface area contributed by atoms with E-state index in [4.69, 9.17) is 9.84 Å². The van der Waals surface area contributed by atoms with E-state index in [1.54, 1.807) is 5.38 Å². The molecule has 2 N–H and O–H groups in total. The summed E-state index contributed by atoms with van der Waals surface area (Å²) < 4.78 is 5.54. The topological polar surface area (TPSA) is 88.5 Å². The lowest BCUT2D eigenvalue weighted by Crippen LogP contribution is -2.25. The summed E-state index contributed by atoms with van der Waals surface area (Å²) in [5.41, 5.74) is 1.27. The average molecular weight is 348 g/mol. The van der Waals surface area contributed by atoms with E-state index >= 15 is 0 Å². The van der Waals surface area contributed by atoms with Gasteiger partial charge in [0.15, 0.2) is 0 Å². The third kappa shape index (κ3) is 5.34. The molecule has 1 aromatic carbocycles. The molecule has 1 amide bonds. The van der Waals surface area contributed by atoms with Crippen LogP contribution in [0, 0.1) is 0 Å². The van der Waals surface area contributed by atoms with Gasteiger partial charge in [-0.3, -0.25) is 9.59 Å². The van der Waals surface area contributed by atoms with E-state index in [9.17, 15) is 9.59 Å². The van der Waals surface area contributed by atoms with Crippen LogP contribution in [0.5, 0.6) is 5.75 Å². The molecule has 0 aliphatic carbocycles. The van der Waals surface area contributed by atoms with Gasteiger partial charge in [0, 0.05) is 23.9 Å². The van der Waals surface area contributed by atoms with E-state index in [0.717, 1.165) is 22.7 Å². The molecule has 0 radical (unpaired) electrons. The Morgan fingerprint density at radius 3 is 2.71 bits per heavy atom. The number of aromatic nitrogens is 1. The van der Waals surface area contributed by atoms with Crippen molar-refractivity contribution in [2.75, 3.05) is 13.2 Å². The molecule has 0 aliphatic heterocycles. The molecule has 0 fully saturated rings. The number of nitrogens with one attached hydrogen (secondary N) is 1. The summed E-state index contributed by atoms with van der Waals surface area (Å²) in [7, 11) is 0. The molecule has 0 bridgehead atoms. The van der Waals surface area contributed by atoms with Gasteiger partial charge >= 0.3 is 5.97 Å². The molecular formula is C17H20N2O4S. The van der Waals surface area contributed by atoms with Gasteiger partial charge < -0.3 is 15.2 Å². The van der Waals surface area contributed by atoms with Crippen LogP contribution >= 0.6 is 11.3 Å². The van der Waals surface area contributed by atoms with Crippen LogP contribution in [0.1, 0.15) is 36.7 Å². The molecule has 1 heterocycles. The largest absolute Gasteiger partial charge is 0.494 e. The molecule has 1 aromatic heterocycles. The zero-order valence-corrected chi connectivity index (χ0v) is 14.3. The van der Waals surface area contributed by atoms with Crippen LogP contribution in [0.15, 0.2) is 29.6 Å². The predicted octanol–water partition coefficient (Wildman–Crippen LogP) is 3.19. The second-order valence-electron chi connectivity index (χ2n) is 5.16. The number of benzene rings is 1. The fourth-order valence-corrected chi connectivity index (χ4v) is 2.76. The first-order valence-corrected chi connectivity index (χ1v) is 8.67. The van der Waals surface area contributed by atoms with Crippen molar-refractivity contribution >= 4 is 23.2 Å². The molecule has 6 nitrogen and oxygen atoms in total. The number of ether oxygens (including phenoxy) is 1. The van der Waals surface area contributed by atoms with Crippen LogP contribution in [0.25, 0.3) is 10.6 Å². The third-order valence-electron chi connectivity index (χ3n) is 3.16. The maximum Gasteiger partial charge on any atom is 0.303 e. The highest BCUT2D eigenvalue weighted by Crippen LogP contribution is 2.25. The first-order chi connectivity index (χ1) is 11.6. The molecule has 0 saturated carbocycles. The highest BCUT2D eigenvalue weighted by molar-refractivity contribution is 7.13. The van der Waals surface area contributed by atoms with Gasteiger partial charge in [0.25, 0.3) is 5.91 Å². The van der Waals surface area contributed by atoms with Crippen LogP contribution in [0.4, 0.5) is 0 Å². The van der Waals surface area contributed by atoms with Gasteiger partial charge in [-0.2, -0.15) is 0 Å². The Morgan fingerprint density at radius 2 is 2.04 bits per heavy atom. The molecule has 0 spiro atoms. The summed E-state index contributed by atoms with van der Waals surface area (Å²) in [6.07, 6.45) is 1.39. The molecule has 0 unspecified atom stereocenters. The Bertz CT molecular complexity index is 682. The quantitative estimate of drug-likeness (QED) is 0.679. The van der Waals surface area contributed by atoms with Crippen molar-refractivity contribution in [3.8, 4) is 16.3 Å². The third-order valence-corrected chi connectivity index (χ3v) is 4.06. The number of nitrogens with zero attached hydrogens (tertiary/aromatic N) is 1. The van der Waals surface area contributed by atoms with Crippen molar-refractivity contribution < 1.29 is 19.4 Å². The van der Waals surface area contributed by atoms with Crippen molar-refractivity contribution in [2.24, 2.45) is 0 Å². The number of rotatable bonds is 9. The first kappa shape index (κ1) is 17.9. The van der Waals surface area contributed by atoms with E-state index in [1.807, 2.05) is 24.3 Å². The number of aliphatic carboxylic acids is 1. The van der Waals surface area contributed by atoms with Crippen molar-refractivity contribution in [3.63, 3.8) is 0 Å². The molecule has 0 saturated heterocycles. The van der Waals surface area contributed by atoms with Crippen LogP contribution in [0.2, 0.25) is 0 Å². The molecule has 0 atom stereocenters. The SMILES string of the molecule is CCCOc1ccc(-c2nc(C(=O)NCCCC(=O)O)cs2)cc1. The minimum atomic E-state index is -0.869. The van der Waals surface area contributed by atoms with Gasteiger partial charge in [-0.05, 0) is 37.1 Å². The first-order valence-electron chi connectivity index (χ1n) is 7.79. The zero-order chi connectivity index (χ0) is 17.4. The van der Waals surface area contributed by atoms with Gasteiger partial charge in [-0.25, -0.2) is 4.98 Å². The monoisotopic (exact) mass is 348 g/mol. The summed E-state index contributed by atoms with van der Waals surface area (Å²) in [5, 5.41) is 13.7. The summed E-state index contributed by atoms with van der Waals surface area (Å²) in [5.74, 6) is -0.342. The molecule has 7 heteroatoms. The number of carboxylic acids is 1. The van der Waals surface area contributed by atoms with E-state index < -0.39 is 5.97 Å². The minimum absolute atomic E-state index is 0.0368. The molecular weight excluding hydrogens is 328 g/mol. The molecule has 0 aliphatic rings. The van der Waals surface area contributed by atoms with E-state index in [0.29, 0.717) is 25.3 Å². The Balaban J connectivity index is 1.92. The van der Waals surface area contributed by atoms with Gasteiger partial charge in [0.1, 0.15) is 16.5 Å². The molecule has 2 aromatic rings. The minimum Gasteiger partial charge on any atom is -0.494 e. The lowest BCUT2D eigenvalue weighted by atomic mass is 10.2. The molecule has 128 valence electrons. The number of thiazole rings is 1. The molecule has 2 rings (SSSR count). The van der Waals surface area contributed by atoms with Crippen molar-refractivity contribution in [3.05, 3.63) is 35.3 Å². The van der Waals surface area contributed by atoms with Crippen molar-refractivity contribution in [1.82, 2.24) is 10.3 Å². The van der Waals surface area contributed by atoms with Crippen LogP contribution in [-0.2, 0) is 4.79 Å². The lowest BCUT2D eigenvalue weighted by Gasteiger charge is -2.04. The highest BCUT2D eigenvalue weighted by Gasteiger charge is 2.11. The van der Waals surface area contributed by atoms with Crippen molar-refractivity contribution in [1.29, 1.82) is 0 Å². The van der Waals surface area contributed by atoms with Crippen molar-refractivity contribution in [2.45, 2.75) is 26.2 Å². The van der Waals surface area contributed by atoms with E-state index in [2.05, 4.69) is 17.2 Å². The number of hydrogen-bond acceptors (Lipinski definition) is 5. The van der Waals surface area contributed by atoms with Crippen LogP contribution < -0.4 is 10.1 Å². The predicted molar refractivity (Wildman–Crippen MR) is 92.5 cm³/mol. The van der Waals surface area contributed by atoms with E-state index in [-0.39, 0.29) is 12.3 Å². The Morgan fingerprint density at radius 1 is 1.29 bits per heavy atom. The number of carboxylic acid groups (broad SMARTS) is 1. The maximum absolute atomic E-state index is 12.0. The summed E-state index contributed by atoms with van der Waals surface area (Å²) in [4.78, 5) is 26.7. The summed E-state index contributed by atoms with van der Waals surface area (Å²) in [6, 6.07) is 7.60. The fourth-order valence-electron chi connectivity index (χ4n) is 1.96. The van der Waals surface area contributed by atoms with Crippen LogP contribution in [-0.4, -0.2) is 35.1 Å². The van der Waals surface area contributed by atoms with Gasteiger partial charge in [-0.15, -0.1) is 11.3 Å². The Hall–Kier alpha value is -2.41. The summed E-state index contributed by atoms with van der Waals surface area (Å²) in [6.45, 7) is 3.06. The van der Waals surface area contributed by atoms with Crippen LogP contribution in [0.3, 0.4) is 0 Å². The number of carbonyl (C=O) groups is 2. The Kier molecular flexibility index (Phi) is 6.74. The van der Waals surface area contributed by atoms with Gasteiger partial charge in [0.2, 0.25) is 0 Å². The zero-order valence-electron chi connectivity index (χ0n) is 13.4. The Labute approximate surface area is 144 Å². The second kappa shape index (κ2) is 9.02. The van der Waals surface area contributed by atoms with Gasteiger partial charge in [0.05, 0.1) is 6.61 Å². The standard InChI is InChI=1S/C17H20N2O4S/c1-2-10-23-13-7-5-12(6-8-13)17-19-14(11-24-17)16(22)18-9-3-4-15(20)21/h5-8,11H,2-4,9-10H2,1H3,(H,18,22)(H,20,21). The van der Waals surface area contributed by atoms with Gasteiger partial charge in [-0.1, -0.05) is 6.92 Å². The highest BCUT2D eigenvalue weighted by atomic mass is 32.1. The fraction of sp³-hybridized carbons (Fsp3) is 0.353. The number of carbonyl (C=O) groups excluding carboxylic acids is 1. The summed E-state index contributed by atoms with van der Waals surface area (Å²) >= 11 is 1.39. The smallest absolute Gasteiger partial charge is 0.303 e. The maximum atomic E-state index is 12.0.